The van der Waals surface area contributed by atoms with Gasteiger partial charge in [0.15, 0.2) is 10.5 Å². The molecular weight excluding hydrogens is 388 g/mol. The number of benzene rings is 3. The molecule has 0 bridgehead atoms. The first kappa shape index (κ1) is 19.2. The molecule has 0 N–H and O–H groups in total. The van der Waals surface area contributed by atoms with Crippen LogP contribution in [0.25, 0.3) is 0 Å². The van der Waals surface area contributed by atoms with Crippen LogP contribution in [0.3, 0.4) is 0 Å². The van der Waals surface area contributed by atoms with Crippen LogP contribution in [0.2, 0.25) is 0 Å². The number of para-hydroxylation sites is 1. The Balaban J connectivity index is 1.97. The minimum atomic E-state index is -1.73. The molecule has 6 heteroatoms. The summed E-state index contributed by atoms with van der Waals surface area (Å²) in [4.78, 5) is 14.4. The molecule has 2 atom stereocenters. The molecule has 2 unspecified atom stereocenters. The fourth-order valence-electron chi connectivity index (χ4n) is 3.56. The molecule has 148 valence electrons. The lowest BCUT2D eigenvalue weighted by molar-refractivity contribution is 0.0860. The zero-order chi connectivity index (χ0) is 20.4. The van der Waals surface area contributed by atoms with Crippen LogP contribution in [0.5, 0.6) is 17.2 Å². The van der Waals surface area contributed by atoms with E-state index in [0.29, 0.717) is 33.3 Å². The number of methoxy groups -OCH3 is 2. The Kier molecular flexibility index (Phi) is 5.11. The summed E-state index contributed by atoms with van der Waals surface area (Å²) in [5.41, 5.74) is 0.906. The van der Waals surface area contributed by atoms with Crippen LogP contribution < -0.4 is 14.2 Å². The summed E-state index contributed by atoms with van der Waals surface area (Å²) in [5.74, 6) is 1.23. The summed E-state index contributed by atoms with van der Waals surface area (Å²) in [5, 5.41) is 0. The summed E-state index contributed by atoms with van der Waals surface area (Å²) in [6.45, 7) is -0.0625. The molecule has 0 radical (unpaired) electrons. The number of hydrogen-bond acceptors (Lipinski definition) is 5. The molecule has 3 aromatic rings. The number of rotatable bonds is 5. The number of ketones is 1. The molecule has 29 heavy (non-hydrogen) atoms. The molecule has 1 aliphatic heterocycles. The first-order valence-corrected chi connectivity index (χ1v) is 10.2. The maximum atomic E-state index is 13.9. The minimum absolute atomic E-state index is 0.0625. The highest BCUT2D eigenvalue weighted by Gasteiger charge is 2.53. The first-order chi connectivity index (χ1) is 14.1. The van der Waals surface area contributed by atoms with E-state index in [-0.39, 0.29) is 12.4 Å². The molecule has 0 aromatic heterocycles. The van der Waals surface area contributed by atoms with Crippen molar-refractivity contribution < 1.29 is 23.2 Å². The zero-order valence-electron chi connectivity index (χ0n) is 16.1. The number of fused-ring (bicyclic) bond motifs is 1. The quantitative estimate of drug-likeness (QED) is 0.639. The van der Waals surface area contributed by atoms with E-state index in [9.17, 15) is 9.00 Å². The summed E-state index contributed by atoms with van der Waals surface area (Å²) < 4.78 is 29.3. The van der Waals surface area contributed by atoms with Crippen molar-refractivity contribution in [1.29, 1.82) is 0 Å². The van der Waals surface area contributed by atoms with Gasteiger partial charge < -0.3 is 14.2 Å². The second kappa shape index (κ2) is 7.72. The van der Waals surface area contributed by atoms with E-state index in [0.717, 1.165) is 0 Å². The molecule has 3 aromatic carbocycles. The molecule has 0 fully saturated rings. The standard InChI is InChI=1S/C23H20O5S/c1-26-16-12-13-19(21(14-16)27-2)23(29(25)17-8-4-3-5-9-17)15-28-20-11-7-6-10-18(20)22(23)24/h3-14H,15H2,1-2H3. The molecule has 0 aliphatic carbocycles. The van der Waals surface area contributed by atoms with Crippen molar-refractivity contribution in [2.75, 3.05) is 20.8 Å². The smallest absolute Gasteiger partial charge is 0.193 e. The molecule has 0 saturated heterocycles. The van der Waals surface area contributed by atoms with Gasteiger partial charge in [0, 0.05) is 16.5 Å². The first-order valence-electron chi connectivity index (χ1n) is 9.08. The van der Waals surface area contributed by atoms with Crippen LogP contribution in [0.1, 0.15) is 15.9 Å². The zero-order valence-corrected chi connectivity index (χ0v) is 16.9. The third kappa shape index (κ3) is 3.09. The average Bonchev–Trinajstić information content (AvgIpc) is 2.79. The molecule has 0 saturated carbocycles. The van der Waals surface area contributed by atoms with Crippen molar-refractivity contribution in [3.8, 4) is 17.2 Å². The average molecular weight is 408 g/mol. The number of ether oxygens (including phenoxy) is 3. The van der Waals surface area contributed by atoms with Gasteiger partial charge in [-0.3, -0.25) is 9.00 Å². The van der Waals surface area contributed by atoms with Crippen LogP contribution >= 0.6 is 0 Å². The van der Waals surface area contributed by atoms with E-state index in [1.807, 2.05) is 6.07 Å². The summed E-state index contributed by atoms with van der Waals surface area (Å²) in [6.07, 6.45) is 0. The minimum Gasteiger partial charge on any atom is -0.497 e. The highest BCUT2D eigenvalue weighted by atomic mass is 32.2. The summed E-state index contributed by atoms with van der Waals surface area (Å²) in [7, 11) is 1.33. The summed E-state index contributed by atoms with van der Waals surface area (Å²) in [6, 6.07) is 21.1. The molecule has 5 nitrogen and oxygen atoms in total. The SMILES string of the molecule is COc1ccc(C2(S(=O)c3ccccc3)COc3ccccc3C2=O)c(OC)c1. The predicted molar refractivity (Wildman–Crippen MR) is 110 cm³/mol. The lowest BCUT2D eigenvalue weighted by atomic mass is 9.87. The maximum Gasteiger partial charge on any atom is 0.193 e. The highest BCUT2D eigenvalue weighted by Crippen LogP contribution is 2.45. The van der Waals surface area contributed by atoms with E-state index in [2.05, 4.69) is 0 Å². The molecule has 4 rings (SSSR count). The van der Waals surface area contributed by atoms with Crippen LogP contribution in [0.4, 0.5) is 0 Å². The Hall–Kier alpha value is -3.12. The Bertz CT molecular complexity index is 1080. The maximum absolute atomic E-state index is 13.9. The third-order valence-corrected chi connectivity index (χ3v) is 6.90. The molecule has 0 spiro atoms. The normalized spacial score (nSPS) is 19.0. The van der Waals surface area contributed by atoms with Gasteiger partial charge in [0.1, 0.15) is 23.9 Å². The van der Waals surface area contributed by atoms with Crippen LogP contribution in [-0.4, -0.2) is 30.8 Å². The highest BCUT2D eigenvalue weighted by molar-refractivity contribution is 7.87. The second-order valence-corrected chi connectivity index (χ2v) is 8.29. The summed E-state index contributed by atoms with van der Waals surface area (Å²) >= 11 is 0. The van der Waals surface area contributed by atoms with E-state index >= 15 is 0 Å². The van der Waals surface area contributed by atoms with Gasteiger partial charge in [-0.05, 0) is 36.4 Å². The number of carbonyl (C=O) groups is 1. The van der Waals surface area contributed by atoms with Crippen molar-refractivity contribution in [3.63, 3.8) is 0 Å². The molecule has 1 aliphatic rings. The predicted octanol–water partition coefficient (Wildman–Crippen LogP) is 3.98. The van der Waals surface area contributed by atoms with Gasteiger partial charge in [0.2, 0.25) is 0 Å². The Morgan fingerprint density at radius 3 is 2.38 bits per heavy atom. The van der Waals surface area contributed by atoms with Crippen molar-refractivity contribution >= 4 is 16.6 Å². The van der Waals surface area contributed by atoms with Crippen molar-refractivity contribution in [3.05, 3.63) is 83.9 Å². The van der Waals surface area contributed by atoms with Crippen LogP contribution in [0, 0.1) is 0 Å². The van der Waals surface area contributed by atoms with Gasteiger partial charge in [-0.1, -0.05) is 30.3 Å². The van der Waals surface area contributed by atoms with E-state index in [4.69, 9.17) is 14.2 Å². The number of carbonyl (C=O) groups excluding carboxylic acids is 1. The van der Waals surface area contributed by atoms with Crippen molar-refractivity contribution in [1.82, 2.24) is 0 Å². The topological polar surface area (TPSA) is 61.8 Å². The Morgan fingerprint density at radius 2 is 1.66 bits per heavy atom. The van der Waals surface area contributed by atoms with Gasteiger partial charge in [-0.2, -0.15) is 0 Å². The molecule has 0 amide bonds. The van der Waals surface area contributed by atoms with Crippen molar-refractivity contribution in [2.45, 2.75) is 9.64 Å². The fraction of sp³-hybridized carbons (Fsp3) is 0.174. The van der Waals surface area contributed by atoms with Crippen LogP contribution in [0.15, 0.2) is 77.7 Å². The Morgan fingerprint density at radius 1 is 0.931 bits per heavy atom. The van der Waals surface area contributed by atoms with Gasteiger partial charge in [0.05, 0.1) is 30.6 Å². The third-order valence-electron chi connectivity index (χ3n) is 5.05. The fourth-order valence-corrected chi connectivity index (χ4v) is 5.18. The molecular formula is C23H20O5S. The lowest BCUT2D eigenvalue weighted by Gasteiger charge is -2.36. The van der Waals surface area contributed by atoms with E-state index in [1.165, 1.54) is 7.11 Å². The van der Waals surface area contributed by atoms with Gasteiger partial charge in [-0.25, -0.2) is 0 Å². The largest absolute Gasteiger partial charge is 0.497 e. The van der Waals surface area contributed by atoms with Gasteiger partial charge in [-0.15, -0.1) is 0 Å². The molecule has 1 heterocycles. The number of Topliss-reactive ketones (excluding diaryl/α,β-unsaturated/α-hetero) is 1. The van der Waals surface area contributed by atoms with Crippen molar-refractivity contribution in [2.24, 2.45) is 0 Å². The van der Waals surface area contributed by atoms with Gasteiger partial charge >= 0.3 is 0 Å². The van der Waals surface area contributed by atoms with E-state index < -0.39 is 15.5 Å². The Labute approximate surface area is 171 Å². The second-order valence-electron chi connectivity index (χ2n) is 6.59. The monoisotopic (exact) mass is 408 g/mol. The van der Waals surface area contributed by atoms with Gasteiger partial charge in [0.25, 0.3) is 0 Å². The number of hydrogen-bond donors (Lipinski definition) is 0. The lowest BCUT2D eigenvalue weighted by Crippen LogP contribution is -2.48. The van der Waals surface area contributed by atoms with E-state index in [1.54, 1.807) is 73.8 Å². The van der Waals surface area contributed by atoms with Crippen LogP contribution in [-0.2, 0) is 15.5 Å².